The van der Waals surface area contributed by atoms with Gasteiger partial charge in [0, 0.05) is 51.3 Å². The lowest BCUT2D eigenvalue weighted by Crippen LogP contribution is -2.41. The molecule has 0 saturated heterocycles. The van der Waals surface area contributed by atoms with Crippen LogP contribution in [0.2, 0.25) is 0 Å². The van der Waals surface area contributed by atoms with Gasteiger partial charge >= 0.3 is 5.97 Å². The van der Waals surface area contributed by atoms with Crippen LogP contribution in [0.3, 0.4) is 0 Å². The van der Waals surface area contributed by atoms with Crippen molar-refractivity contribution < 1.29 is 37.4 Å². The monoisotopic (exact) mass is 598 g/mol. The van der Waals surface area contributed by atoms with Crippen molar-refractivity contribution in [1.82, 2.24) is 14.7 Å². The maximum absolute atomic E-state index is 13.3. The van der Waals surface area contributed by atoms with E-state index in [1.54, 1.807) is 30.2 Å². The fourth-order valence-electron chi connectivity index (χ4n) is 4.48. The Morgan fingerprint density at radius 2 is 1.74 bits per heavy atom. The second-order valence-corrected chi connectivity index (χ2v) is 11.3. The number of hydrogen-bond acceptors (Lipinski definition) is 8. The normalized spacial score (nSPS) is 12.1. The molecule has 13 heteroatoms. The van der Waals surface area contributed by atoms with Gasteiger partial charge in [0.05, 0.1) is 19.1 Å². The molecule has 0 radical (unpaired) electrons. The maximum atomic E-state index is 13.3. The summed E-state index contributed by atoms with van der Waals surface area (Å²) in [5, 5.41) is 16.5. The van der Waals surface area contributed by atoms with Gasteiger partial charge in [0.15, 0.2) is 0 Å². The highest BCUT2D eigenvalue weighted by Crippen LogP contribution is 2.29. The molecule has 0 aliphatic rings. The molecular formula is C29H34N4O8S. The van der Waals surface area contributed by atoms with E-state index in [2.05, 4.69) is 10.0 Å². The Morgan fingerprint density at radius 1 is 1.05 bits per heavy atom. The lowest BCUT2D eigenvalue weighted by atomic mass is 9.97. The zero-order valence-electron chi connectivity index (χ0n) is 23.8. The number of carboxylic acids is 1. The van der Waals surface area contributed by atoms with Crippen molar-refractivity contribution in [3.05, 3.63) is 65.7 Å². The van der Waals surface area contributed by atoms with Crippen LogP contribution in [0.25, 0.3) is 10.8 Å². The number of ether oxygens (including phenoxy) is 1. The second-order valence-electron chi connectivity index (χ2n) is 9.59. The number of aliphatic carboxylic acids is 1. The van der Waals surface area contributed by atoms with E-state index in [0.717, 1.165) is 16.3 Å². The van der Waals surface area contributed by atoms with Crippen LogP contribution in [0.5, 0.6) is 5.75 Å². The fourth-order valence-corrected chi connectivity index (χ4v) is 5.77. The second kappa shape index (κ2) is 14.0. The van der Waals surface area contributed by atoms with E-state index in [4.69, 9.17) is 9.84 Å². The van der Waals surface area contributed by atoms with Crippen molar-refractivity contribution in [2.24, 2.45) is 0 Å². The smallest absolute Gasteiger partial charge is 0.305 e. The first kappa shape index (κ1) is 32.2. The third-order valence-corrected chi connectivity index (χ3v) is 7.84. The molecule has 1 atom stereocenters. The van der Waals surface area contributed by atoms with Crippen LogP contribution in [0.4, 0.5) is 5.69 Å². The Balaban J connectivity index is 1.91. The molecule has 2 amide bonds. The van der Waals surface area contributed by atoms with Gasteiger partial charge in [-0.05, 0) is 41.5 Å². The highest BCUT2D eigenvalue weighted by atomic mass is 32.2. The highest BCUT2D eigenvalue weighted by molar-refractivity contribution is 7.89. The molecule has 0 spiro atoms. The lowest BCUT2D eigenvalue weighted by Gasteiger charge is -2.28. The molecule has 0 aliphatic carbocycles. The van der Waals surface area contributed by atoms with E-state index in [9.17, 15) is 27.6 Å². The Hall–Kier alpha value is -4.33. The number of benzene rings is 3. The van der Waals surface area contributed by atoms with E-state index >= 15 is 0 Å². The first-order chi connectivity index (χ1) is 19.9. The summed E-state index contributed by atoms with van der Waals surface area (Å²) in [4.78, 5) is 46.8. The Morgan fingerprint density at radius 3 is 2.33 bits per heavy atom. The average Bonchev–Trinajstić information content (AvgIpc) is 2.92. The van der Waals surface area contributed by atoms with Gasteiger partial charge in [-0.2, -0.15) is 0 Å². The molecule has 12 nitrogen and oxygen atoms in total. The van der Waals surface area contributed by atoms with Crippen LogP contribution in [0, 0.1) is 0 Å². The van der Waals surface area contributed by atoms with Gasteiger partial charge in [-0.3, -0.25) is 19.4 Å². The standard InChI is InChI=1S/C29H34N4O8S/c1-5-33(32(3)4)29(38)25-12-10-20(23-8-6-7-9-24(23)25)14-15-41-26-16-21(30-19(2)35)11-13-27(26)42(39,40)31-22(18-34)17-28(36)37/h6-13,16,18,22,31H,5,14-15,17H2,1-4H3,(H,30,35)(H,36,37). The highest BCUT2D eigenvalue weighted by Gasteiger charge is 2.26. The molecule has 0 saturated carbocycles. The summed E-state index contributed by atoms with van der Waals surface area (Å²) in [5.41, 5.74) is 1.68. The fraction of sp³-hybridized carbons (Fsp3) is 0.310. The minimum absolute atomic E-state index is 0.0222. The molecule has 3 aromatic carbocycles. The van der Waals surface area contributed by atoms with Crippen LogP contribution >= 0.6 is 0 Å². The molecule has 0 aromatic heterocycles. The molecule has 0 aliphatic heterocycles. The number of fused-ring (bicyclic) bond motifs is 1. The number of aldehydes is 1. The number of hydrogen-bond donors (Lipinski definition) is 3. The van der Waals surface area contributed by atoms with Gasteiger partial charge in [0.2, 0.25) is 15.9 Å². The van der Waals surface area contributed by atoms with Crippen molar-refractivity contribution in [2.45, 2.75) is 37.6 Å². The van der Waals surface area contributed by atoms with E-state index < -0.39 is 28.5 Å². The molecule has 3 N–H and O–H groups in total. The lowest BCUT2D eigenvalue weighted by molar-refractivity contribution is -0.138. The van der Waals surface area contributed by atoms with Gasteiger partial charge in [0.25, 0.3) is 5.91 Å². The van der Waals surface area contributed by atoms with E-state index in [0.29, 0.717) is 18.5 Å². The molecule has 0 fully saturated rings. The van der Waals surface area contributed by atoms with Crippen LogP contribution in [-0.2, 0) is 30.8 Å². The van der Waals surface area contributed by atoms with Gasteiger partial charge in [-0.1, -0.05) is 30.3 Å². The van der Waals surface area contributed by atoms with Crippen molar-refractivity contribution in [1.29, 1.82) is 0 Å². The number of nitrogens with one attached hydrogen (secondary N) is 2. The number of carbonyl (C=O) groups is 4. The van der Waals surface area contributed by atoms with E-state index in [-0.39, 0.29) is 41.0 Å². The minimum Gasteiger partial charge on any atom is -0.492 e. The van der Waals surface area contributed by atoms with Gasteiger partial charge in [-0.25, -0.2) is 18.1 Å². The van der Waals surface area contributed by atoms with Crippen molar-refractivity contribution in [3.8, 4) is 5.75 Å². The third-order valence-electron chi connectivity index (χ3n) is 6.31. The largest absolute Gasteiger partial charge is 0.492 e. The number of anilines is 1. The quantitative estimate of drug-likeness (QED) is 0.187. The Kier molecular flexibility index (Phi) is 10.8. The summed E-state index contributed by atoms with van der Waals surface area (Å²) >= 11 is 0. The molecule has 0 heterocycles. The van der Waals surface area contributed by atoms with Crippen molar-refractivity contribution >= 4 is 50.6 Å². The number of nitrogens with zero attached hydrogens (tertiary/aromatic N) is 2. The summed E-state index contributed by atoms with van der Waals surface area (Å²) in [6, 6.07) is 13.5. The number of carbonyl (C=O) groups excluding carboxylic acids is 3. The topological polar surface area (TPSA) is 162 Å². The van der Waals surface area contributed by atoms with Crippen molar-refractivity contribution in [3.63, 3.8) is 0 Å². The van der Waals surface area contributed by atoms with Gasteiger partial charge < -0.3 is 20.0 Å². The van der Waals surface area contributed by atoms with Gasteiger partial charge in [-0.15, -0.1) is 0 Å². The number of hydrazine groups is 1. The minimum atomic E-state index is -4.38. The number of sulfonamides is 1. The number of amides is 2. The molecule has 3 rings (SSSR count). The maximum Gasteiger partial charge on any atom is 0.305 e. The molecular weight excluding hydrogens is 564 g/mol. The molecule has 224 valence electrons. The Bertz CT molecular complexity index is 1590. The van der Waals surface area contributed by atoms with Crippen LogP contribution in [-0.4, -0.2) is 80.9 Å². The van der Waals surface area contributed by atoms with E-state index in [1.165, 1.54) is 25.1 Å². The molecule has 3 aromatic rings. The summed E-state index contributed by atoms with van der Waals surface area (Å²) in [6.45, 7) is 3.71. The summed E-state index contributed by atoms with van der Waals surface area (Å²) < 4.78 is 34.2. The third kappa shape index (κ3) is 7.90. The summed E-state index contributed by atoms with van der Waals surface area (Å²) in [5.74, 6) is -1.98. The summed E-state index contributed by atoms with van der Waals surface area (Å²) in [7, 11) is -0.790. The zero-order valence-corrected chi connectivity index (χ0v) is 24.6. The van der Waals surface area contributed by atoms with Crippen molar-refractivity contribution in [2.75, 3.05) is 32.6 Å². The van der Waals surface area contributed by atoms with Gasteiger partial charge in [0.1, 0.15) is 16.9 Å². The molecule has 1 unspecified atom stereocenters. The first-order valence-electron chi connectivity index (χ1n) is 13.1. The Labute approximate surface area is 244 Å². The zero-order chi connectivity index (χ0) is 31.0. The average molecular weight is 599 g/mol. The predicted molar refractivity (Wildman–Crippen MR) is 157 cm³/mol. The van der Waals surface area contributed by atoms with Crippen LogP contribution in [0.15, 0.2) is 59.5 Å². The van der Waals surface area contributed by atoms with E-state index in [1.807, 2.05) is 37.3 Å². The molecule has 42 heavy (non-hydrogen) atoms. The van der Waals surface area contributed by atoms with Crippen LogP contribution in [0.1, 0.15) is 36.2 Å². The SMILES string of the molecule is CCN(C(=O)c1ccc(CCOc2cc(NC(C)=O)ccc2S(=O)(=O)NC(C=O)CC(=O)O)c2ccccc12)N(C)C. The van der Waals surface area contributed by atoms with Crippen LogP contribution < -0.4 is 14.8 Å². The first-order valence-corrected chi connectivity index (χ1v) is 14.6. The summed E-state index contributed by atoms with van der Waals surface area (Å²) in [6.07, 6.45) is -0.192. The number of rotatable bonds is 14. The molecule has 0 bridgehead atoms. The number of carboxylic acid groups (broad SMARTS) is 1. The predicted octanol–water partition coefficient (Wildman–Crippen LogP) is 2.68.